The van der Waals surface area contributed by atoms with Crippen molar-refractivity contribution >= 4 is 16.9 Å². The van der Waals surface area contributed by atoms with Crippen LogP contribution in [0.25, 0.3) is 22.0 Å². The Morgan fingerprint density at radius 1 is 1.15 bits per heavy atom. The molecule has 0 unspecified atom stereocenters. The van der Waals surface area contributed by atoms with Crippen LogP contribution >= 0.6 is 0 Å². The number of rotatable bonds is 3. The van der Waals surface area contributed by atoms with Crippen LogP contribution in [-0.2, 0) is 11.2 Å². The second-order valence-electron chi connectivity index (χ2n) is 5.01. The van der Waals surface area contributed by atoms with Gasteiger partial charge in [-0.15, -0.1) is 0 Å². The molecule has 0 aliphatic rings. The number of nitrogens with one attached hydrogen (secondary N) is 1. The Morgan fingerprint density at radius 3 is 2.70 bits per heavy atom. The van der Waals surface area contributed by atoms with Gasteiger partial charge in [-0.2, -0.15) is 0 Å². The minimum atomic E-state index is -0.811. The van der Waals surface area contributed by atoms with Gasteiger partial charge in [-0.25, -0.2) is 0 Å². The summed E-state index contributed by atoms with van der Waals surface area (Å²) in [7, 11) is 0. The number of carboxylic acids is 1. The van der Waals surface area contributed by atoms with Gasteiger partial charge in [-0.05, 0) is 29.7 Å². The van der Waals surface area contributed by atoms with Gasteiger partial charge >= 0.3 is 5.97 Å². The molecule has 0 spiro atoms. The fourth-order valence-electron chi connectivity index (χ4n) is 2.50. The van der Waals surface area contributed by atoms with Crippen molar-refractivity contribution in [2.24, 2.45) is 0 Å². The molecule has 0 aliphatic carbocycles. The molecule has 100 valence electrons. The van der Waals surface area contributed by atoms with Gasteiger partial charge in [0.05, 0.1) is 6.42 Å². The maximum Gasteiger partial charge on any atom is 0.307 e. The number of carbonyl (C=O) groups is 1. The molecule has 20 heavy (non-hydrogen) atoms. The molecule has 1 aromatic heterocycles. The highest BCUT2D eigenvalue weighted by atomic mass is 16.4. The molecule has 3 nitrogen and oxygen atoms in total. The molecule has 0 aliphatic heterocycles. The molecule has 0 amide bonds. The summed E-state index contributed by atoms with van der Waals surface area (Å²) in [5.74, 6) is -0.811. The molecule has 3 heteroatoms. The normalized spacial score (nSPS) is 10.8. The molecule has 2 N–H and O–H groups in total. The Balaban J connectivity index is 2.06. The number of hydrogen-bond acceptors (Lipinski definition) is 1. The van der Waals surface area contributed by atoms with Crippen LogP contribution in [-0.4, -0.2) is 16.1 Å². The Morgan fingerprint density at radius 2 is 1.95 bits per heavy atom. The highest BCUT2D eigenvalue weighted by molar-refractivity contribution is 5.90. The van der Waals surface area contributed by atoms with Crippen LogP contribution in [0.1, 0.15) is 11.1 Å². The Labute approximate surface area is 116 Å². The minimum Gasteiger partial charge on any atom is -0.481 e. The molecular formula is C17H15NO2. The molecule has 0 fully saturated rings. The Bertz CT molecular complexity index is 787. The molecule has 0 radical (unpaired) electrons. The van der Waals surface area contributed by atoms with Crippen LogP contribution in [0.15, 0.2) is 48.7 Å². The van der Waals surface area contributed by atoms with E-state index in [1.54, 1.807) is 6.20 Å². The maximum absolute atomic E-state index is 10.8. The quantitative estimate of drug-likeness (QED) is 0.757. The Hall–Kier alpha value is -2.55. The predicted octanol–water partition coefficient (Wildman–Crippen LogP) is 3.77. The van der Waals surface area contributed by atoms with E-state index >= 15 is 0 Å². The summed E-state index contributed by atoms with van der Waals surface area (Å²) in [6.45, 7) is 2.07. The Kier molecular flexibility index (Phi) is 3.03. The molecule has 0 bridgehead atoms. The number of fused-ring (bicyclic) bond motifs is 1. The number of aromatic nitrogens is 1. The molecule has 1 heterocycles. The van der Waals surface area contributed by atoms with Crippen molar-refractivity contribution in [3.8, 4) is 11.1 Å². The van der Waals surface area contributed by atoms with E-state index in [-0.39, 0.29) is 6.42 Å². The maximum atomic E-state index is 10.8. The first-order valence-corrected chi connectivity index (χ1v) is 6.52. The van der Waals surface area contributed by atoms with Crippen molar-refractivity contribution in [1.29, 1.82) is 0 Å². The summed E-state index contributed by atoms with van der Waals surface area (Å²) in [5, 5.41) is 9.87. The highest BCUT2D eigenvalue weighted by Gasteiger charge is 2.08. The van der Waals surface area contributed by atoms with E-state index in [2.05, 4.69) is 36.2 Å². The topological polar surface area (TPSA) is 53.1 Å². The van der Waals surface area contributed by atoms with Crippen LogP contribution < -0.4 is 0 Å². The van der Waals surface area contributed by atoms with Crippen LogP contribution in [0, 0.1) is 6.92 Å². The molecule has 3 rings (SSSR count). The van der Waals surface area contributed by atoms with Crippen molar-refractivity contribution in [1.82, 2.24) is 4.98 Å². The fraction of sp³-hybridized carbons (Fsp3) is 0.118. The van der Waals surface area contributed by atoms with Crippen molar-refractivity contribution in [2.45, 2.75) is 13.3 Å². The highest BCUT2D eigenvalue weighted by Crippen LogP contribution is 2.26. The summed E-state index contributed by atoms with van der Waals surface area (Å²) in [5.41, 5.74) is 5.32. The first-order chi connectivity index (χ1) is 9.63. The summed E-state index contributed by atoms with van der Waals surface area (Å²) < 4.78 is 0. The van der Waals surface area contributed by atoms with E-state index in [0.29, 0.717) is 0 Å². The zero-order chi connectivity index (χ0) is 14.1. The van der Waals surface area contributed by atoms with Gasteiger partial charge in [0.2, 0.25) is 0 Å². The van der Waals surface area contributed by atoms with E-state index in [4.69, 9.17) is 5.11 Å². The first kappa shape index (κ1) is 12.5. The summed E-state index contributed by atoms with van der Waals surface area (Å²) in [6, 6.07) is 14.4. The van der Waals surface area contributed by atoms with Crippen molar-refractivity contribution < 1.29 is 9.90 Å². The second-order valence-corrected chi connectivity index (χ2v) is 5.01. The zero-order valence-electron chi connectivity index (χ0n) is 11.2. The standard InChI is InChI=1S/C17H15NO2/c1-11-3-2-4-12(7-11)13-5-6-15-14(9-17(19)20)10-18-16(15)8-13/h2-8,10,18H,9H2,1H3,(H,19,20). The van der Waals surface area contributed by atoms with Gasteiger partial charge in [0.25, 0.3) is 0 Å². The van der Waals surface area contributed by atoms with Gasteiger partial charge < -0.3 is 10.1 Å². The number of aliphatic carboxylic acids is 1. The van der Waals surface area contributed by atoms with E-state index < -0.39 is 5.97 Å². The van der Waals surface area contributed by atoms with Crippen LogP contribution in [0.5, 0.6) is 0 Å². The van der Waals surface area contributed by atoms with E-state index in [1.165, 1.54) is 11.1 Å². The summed E-state index contributed by atoms with van der Waals surface area (Å²) in [4.78, 5) is 14.0. The van der Waals surface area contributed by atoms with Crippen molar-refractivity contribution in [3.63, 3.8) is 0 Å². The summed E-state index contributed by atoms with van der Waals surface area (Å²) in [6.07, 6.45) is 1.82. The van der Waals surface area contributed by atoms with E-state index in [0.717, 1.165) is 22.0 Å². The van der Waals surface area contributed by atoms with Gasteiger partial charge in [0, 0.05) is 17.1 Å². The average Bonchev–Trinajstić information content (AvgIpc) is 2.80. The number of hydrogen-bond donors (Lipinski definition) is 2. The number of H-pyrrole nitrogens is 1. The largest absolute Gasteiger partial charge is 0.481 e. The van der Waals surface area contributed by atoms with Gasteiger partial charge in [0.1, 0.15) is 0 Å². The van der Waals surface area contributed by atoms with Crippen molar-refractivity contribution in [3.05, 3.63) is 59.8 Å². The van der Waals surface area contributed by atoms with Crippen LogP contribution in [0.2, 0.25) is 0 Å². The number of benzene rings is 2. The monoisotopic (exact) mass is 265 g/mol. The van der Waals surface area contributed by atoms with Crippen LogP contribution in [0.4, 0.5) is 0 Å². The van der Waals surface area contributed by atoms with Gasteiger partial charge in [-0.3, -0.25) is 4.79 Å². The lowest BCUT2D eigenvalue weighted by atomic mass is 10.0. The lowest BCUT2D eigenvalue weighted by Crippen LogP contribution is -1.98. The van der Waals surface area contributed by atoms with E-state index in [1.807, 2.05) is 18.2 Å². The van der Waals surface area contributed by atoms with Gasteiger partial charge in [0.15, 0.2) is 0 Å². The third-order valence-electron chi connectivity index (χ3n) is 3.46. The lowest BCUT2D eigenvalue weighted by molar-refractivity contribution is -0.136. The molecule has 0 atom stereocenters. The predicted molar refractivity (Wildman–Crippen MR) is 79.8 cm³/mol. The molecular weight excluding hydrogens is 250 g/mol. The number of carboxylic acid groups (broad SMARTS) is 1. The molecule has 0 saturated carbocycles. The SMILES string of the molecule is Cc1cccc(-c2ccc3c(CC(=O)O)c[nH]c3c2)c1. The number of aryl methyl sites for hydroxylation is 1. The third kappa shape index (κ3) is 2.30. The lowest BCUT2D eigenvalue weighted by Gasteiger charge is -2.04. The fourth-order valence-corrected chi connectivity index (χ4v) is 2.50. The molecule has 3 aromatic rings. The van der Waals surface area contributed by atoms with E-state index in [9.17, 15) is 4.79 Å². The minimum absolute atomic E-state index is 0.0454. The number of aromatic amines is 1. The second kappa shape index (κ2) is 4.85. The smallest absolute Gasteiger partial charge is 0.307 e. The zero-order valence-corrected chi connectivity index (χ0v) is 11.2. The summed E-state index contributed by atoms with van der Waals surface area (Å²) >= 11 is 0. The van der Waals surface area contributed by atoms with Crippen LogP contribution in [0.3, 0.4) is 0 Å². The van der Waals surface area contributed by atoms with Gasteiger partial charge in [-0.1, -0.05) is 42.0 Å². The molecule has 0 saturated heterocycles. The average molecular weight is 265 g/mol. The molecule has 2 aromatic carbocycles. The van der Waals surface area contributed by atoms with Crippen molar-refractivity contribution in [2.75, 3.05) is 0 Å². The first-order valence-electron chi connectivity index (χ1n) is 6.52. The third-order valence-corrected chi connectivity index (χ3v) is 3.46.